The van der Waals surface area contributed by atoms with Gasteiger partial charge in [0.2, 0.25) is 18.6 Å². The first-order valence-corrected chi connectivity index (χ1v) is 11.9. The van der Waals surface area contributed by atoms with Crippen molar-refractivity contribution in [2.75, 3.05) is 33.0 Å². The highest BCUT2D eigenvalue weighted by atomic mass is 16.7. The Morgan fingerprint density at radius 3 is 2.73 bits per heavy atom. The van der Waals surface area contributed by atoms with Crippen molar-refractivity contribution in [2.24, 2.45) is 11.8 Å². The lowest BCUT2D eigenvalue weighted by atomic mass is 9.92. The molecule has 9 heteroatoms. The maximum absolute atomic E-state index is 13.1. The summed E-state index contributed by atoms with van der Waals surface area (Å²) in [5.74, 6) is 0.296. The van der Waals surface area contributed by atoms with E-state index >= 15 is 0 Å². The van der Waals surface area contributed by atoms with Gasteiger partial charge >= 0.3 is 5.97 Å². The average molecular weight is 460 g/mol. The number of hydrogen-bond acceptors (Lipinski definition) is 6. The zero-order chi connectivity index (χ0) is 23.2. The van der Waals surface area contributed by atoms with Crippen LogP contribution in [0.4, 0.5) is 0 Å². The summed E-state index contributed by atoms with van der Waals surface area (Å²) < 4.78 is 10.7. The van der Waals surface area contributed by atoms with Crippen molar-refractivity contribution in [1.29, 1.82) is 0 Å². The first-order valence-electron chi connectivity index (χ1n) is 11.9. The number of carbonyl (C=O) groups is 3. The third-order valence-electron chi connectivity index (χ3n) is 6.86. The van der Waals surface area contributed by atoms with Gasteiger partial charge in [-0.05, 0) is 68.8 Å². The highest BCUT2D eigenvalue weighted by Gasteiger charge is 2.31. The summed E-state index contributed by atoms with van der Waals surface area (Å²) in [5, 5.41) is 15.6. The minimum Gasteiger partial charge on any atom is -0.481 e. The zero-order valence-electron chi connectivity index (χ0n) is 18.9. The Bertz CT molecular complexity index is 870. The number of amides is 2. The Morgan fingerprint density at radius 2 is 1.94 bits per heavy atom. The molecule has 3 aliphatic heterocycles. The molecule has 2 fully saturated rings. The van der Waals surface area contributed by atoms with Gasteiger partial charge < -0.3 is 30.1 Å². The minimum atomic E-state index is -1.00. The maximum Gasteiger partial charge on any atom is 0.305 e. The fourth-order valence-corrected chi connectivity index (χ4v) is 4.92. The Hall–Kier alpha value is -2.81. The molecule has 0 saturated carbocycles. The van der Waals surface area contributed by atoms with Crippen molar-refractivity contribution < 1.29 is 29.0 Å². The second kappa shape index (κ2) is 10.9. The van der Waals surface area contributed by atoms with Crippen LogP contribution in [0, 0.1) is 11.8 Å². The first-order chi connectivity index (χ1) is 16.0. The molecule has 3 N–H and O–H groups in total. The van der Waals surface area contributed by atoms with Gasteiger partial charge in [0.15, 0.2) is 11.5 Å². The number of carbonyl (C=O) groups excluding carboxylic acids is 2. The zero-order valence-corrected chi connectivity index (χ0v) is 18.9. The summed E-state index contributed by atoms with van der Waals surface area (Å²) in [6.07, 6.45) is 4.87. The highest BCUT2D eigenvalue weighted by Crippen LogP contribution is 2.35. The third kappa shape index (κ3) is 6.16. The summed E-state index contributed by atoms with van der Waals surface area (Å²) in [6.45, 7) is 3.23. The molecule has 0 bridgehead atoms. The number of benzene rings is 1. The van der Waals surface area contributed by atoms with Gasteiger partial charge in [-0.2, -0.15) is 0 Å². The summed E-state index contributed by atoms with van der Waals surface area (Å²) in [5.41, 5.74) is 0.653. The molecular formula is C24H33N3O6. The van der Waals surface area contributed by atoms with E-state index in [4.69, 9.17) is 9.47 Å². The van der Waals surface area contributed by atoms with E-state index in [2.05, 4.69) is 10.6 Å². The number of rotatable bonds is 8. The predicted octanol–water partition coefficient (Wildman–Crippen LogP) is 2.07. The molecule has 3 heterocycles. The van der Waals surface area contributed by atoms with Crippen LogP contribution in [-0.4, -0.2) is 60.8 Å². The quantitative estimate of drug-likeness (QED) is 0.545. The van der Waals surface area contributed by atoms with E-state index in [9.17, 15) is 19.5 Å². The van der Waals surface area contributed by atoms with Crippen LogP contribution in [0.1, 0.15) is 56.6 Å². The van der Waals surface area contributed by atoms with Crippen LogP contribution < -0.4 is 20.1 Å². The number of nitrogens with zero attached hydrogens (tertiary/aromatic N) is 1. The number of ether oxygens (including phenoxy) is 2. The first kappa shape index (κ1) is 23.4. The van der Waals surface area contributed by atoms with Crippen LogP contribution >= 0.6 is 0 Å². The number of carboxylic acids is 1. The van der Waals surface area contributed by atoms with Crippen LogP contribution in [0.3, 0.4) is 0 Å². The largest absolute Gasteiger partial charge is 0.481 e. The smallest absolute Gasteiger partial charge is 0.305 e. The van der Waals surface area contributed by atoms with E-state index < -0.39 is 12.0 Å². The molecule has 1 aromatic rings. The fraction of sp³-hybridized carbons (Fsp3) is 0.625. The van der Waals surface area contributed by atoms with Gasteiger partial charge in [0.1, 0.15) is 0 Å². The van der Waals surface area contributed by atoms with Crippen LogP contribution in [0.2, 0.25) is 0 Å². The van der Waals surface area contributed by atoms with Gasteiger partial charge in [-0.1, -0.05) is 6.07 Å². The molecule has 2 atom stereocenters. The lowest BCUT2D eigenvalue weighted by Gasteiger charge is -2.33. The molecule has 1 aromatic carbocycles. The number of nitrogens with one attached hydrogen (secondary N) is 2. The van der Waals surface area contributed by atoms with E-state index in [1.165, 1.54) is 0 Å². The van der Waals surface area contributed by atoms with Gasteiger partial charge in [-0.3, -0.25) is 14.4 Å². The summed E-state index contributed by atoms with van der Waals surface area (Å²) in [7, 11) is 0. The maximum atomic E-state index is 13.1. The molecule has 2 amide bonds. The number of likely N-dealkylation sites (tertiary alicyclic amines) is 1. The Morgan fingerprint density at radius 1 is 1.15 bits per heavy atom. The third-order valence-corrected chi connectivity index (χ3v) is 6.86. The molecule has 0 radical (unpaired) electrons. The normalized spacial score (nSPS) is 21.5. The Kier molecular flexibility index (Phi) is 7.69. The fourth-order valence-electron chi connectivity index (χ4n) is 4.92. The van der Waals surface area contributed by atoms with E-state index in [1.807, 2.05) is 4.90 Å². The molecular weight excluding hydrogens is 426 g/mol. The number of hydrogen-bond donors (Lipinski definition) is 3. The van der Waals surface area contributed by atoms with Crippen molar-refractivity contribution in [3.05, 3.63) is 23.8 Å². The van der Waals surface area contributed by atoms with Crippen molar-refractivity contribution in [2.45, 2.75) is 51.0 Å². The van der Waals surface area contributed by atoms with Crippen molar-refractivity contribution in [1.82, 2.24) is 15.5 Å². The monoisotopic (exact) mass is 459 g/mol. The van der Waals surface area contributed by atoms with Crippen LogP contribution in [0.15, 0.2) is 18.2 Å². The standard InChI is InChI=1S/C24H33N3O6/c28-22(6-3-16-7-9-25-10-8-16)27-11-1-2-18(14-27)24(31)26-19(13-23(29)30)17-4-5-20-21(12-17)33-15-32-20/h4-5,12,16,18-19,25H,1-3,6-11,13-15H2,(H,26,31)(H,29,30)/t18-,19+/m1/s1. The minimum absolute atomic E-state index is 0.115. The molecule has 0 spiro atoms. The number of carboxylic acid groups (broad SMARTS) is 1. The van der Waals surface area contributed by atoms with Crippen LogP contribution in [-0.2, 0) is 14.4 Å². The second-order valence-corrected chi connectivity index (χ2v) is 9.18. The second-order valence-electron chi connectivity index (χ2n) is 9.18. The van der Waals surface area contributed by atoms with Crippen LogP contribution in [0.5, 0.6) is 11.5 Å². The van der Waals surface area contributed by atoms with Crippen molar-refractivity contribution in [3.8, 4) is 11.5 Å². The summed E-state index contributed by atoms with van der Waals surface area (Å²) in [4.78, 5) is 39.1. The van der Waals surface area contributed by atoms with E-state index in [0.717, 1.165) is 38.8 Å². The molecule has 33 heavy (non-hydrogen) atoms. The summed E-state index contributed by atoms with van der Waals surface area (Å²) in [6, 6.07) is 4.50. The number of aliphatic carboxylic acids is 1. The highest BCUT2D eigenvalue weighted by molar-refractivity contribution is 5.82. The lowest BCUT2D eigenvalue weighted by molar-refractivity contribution is -0.138. The topological polar surface area (TPSA) is 117 Å². The van der Waals surface area contributed by atoms with Gasteiger partial charge in [-0.25, -0.2) is 0 Å². The molecule has 9 nitrogen and oxygen atoms in total. The van der Waals surface area contributed by atoms with Gasteiger partial charge in [0, 0.05) is 19.5 Å². The predicted molar refractivity (Wildman–Crippen MR) is 120 cm³/mol. The molecule has 2 saturated heterocycles. The number of fused-ring (bicyclic) bond motifs is 1. The summed E-state index contributed by atoms with van der Waals surface area (Å²) >= 11 is 0. The van der Waals surface area contributed by atoms with Crippen LogP contribution in [0.25, 0.3) is 0 Å². The van der Waals surface area contributed by atoms with Crippen molar-refractivity contribution >= 4 is 17.8 Å². The van der Waals surface area contributed by atoms with Gasteiger partial charge in [-0.15, -0.1) is 0 Å². The van der Waals surface area contributed by atoms with E-state index in [1.54, 1.807) is 18.2 Å². The molecule has 0 aliphatic carbocycles. The lowest BCUT2D eigenvalue weighted by Crippen LogP contribution is -2.46. The van der Waals surface area contributed by atoms with E-state index in [-0.39, 0.29) is 30.9 Å². The SMILES string of the molecule is O=C(O)C[C@H](NC(=O)[C@@H]1CCCN(C(=O)CCC2CCNCC2)C1)c1ccc2c(c1)OCO2. The molecule has 4 rings (SSSR count). The van der Waals surface area contributed by atoms with E-state index in [0.29, 0.717) is 48.9 Å². The van der Waals surface area contributed by atoms with Gasteiger partial charge in [0.25, 0.3) is 0 Å². The molecule has 0 unspecified atom stereocenters. The van der Waals surface area contributed by atoms with Gasteiger partial charge in [0.05, 0.1) is 18.4 Å². The Balaban J connectivity index is 1.34. The Labute approximate surface area is 193 Å². The average Bonchev–Trinajstić information content (AvgIpc) is 3.30. The molecule has 3 aliphatic rings. The molecule has 0 aromatic heterocycles. The molecule has 180 valence electrons. The van der Waals surface area contributed by atoms with Crippen molar-refractivity contribution in [3.63, 3.8) is 0 Å². The number of piperidine rings is 2.